The summed E-state index contributed by atoms with van der Waals surface area (Å²) in [6.07, 6.45) is 17.0. The minimum atomic E-state index is 0.0974. The van der Waals surface area contributed by atoms with Gasteiger partial charge in [-0.2, -0.15) is 0 Å². The molecule has 10 unspecified atom stereocenters. The molecule has 8 fully saturated rings. The monoisotopic (exact) mass is 815 g/mol. The lowest BCUT2D eigenvalue weighted by Crippen LogP contribution is -2.48. The summed E-state index contributed by atoms with van der Waals surface area (Å²) >= 11 is 0. The van der Waals surface area contributed by atoms with E-state index in [9.17, 15) is 0 Å². The molecule has 10 aliphatic rings. The van der Waals surface area contributed by atoms with Crippen LogP contribution in [0.15, 0.2) is 152 Å². The van der Waals surface area contributed by atoms with E-state index in [0.29, 0.717) is 5.92 Å². The standard InChI is InChI=1S/C62H57N/c1-2-10-43-35-45(22-21-42(43)9-1)44-11-7-12-50(36-44)63(51-25-26-53-52-13-3-5-15-55(52)62(58(53)37-51)47-24-20-39-28-41(32-47)34-49(62)30-39)59-18-8-17-57-60(59)54-14-4-6-16-56(54)61(57)46-23-19-38-27-40(31-46)33-48(61)29-38/h1-18,21-22,25-26,35-41,46-49H,19-20,23-24,27-34H2. The largest absolute Gasteiger partial charge is 0.310 e. The molecule has 1 nitrogen and oxygen atoms in total. The molecule has 0 saturated heterocycles. The Morgan fingerprint density at radius 3 is 1.70 bits per heavy atom. The van der Waals surface area contributed by atoms with Crippen molar-refractivity contribution >= 4 is 27.8 Å². The maximum Gasteiger partial charge on any atom is 0.0543 e. The van der Waals surface area contributed by atoms with Crippen molar-refractivity contribution in [2.24, 2.45) is 47.3 Å². The zero-order valence-electron chi connectivity index (χ0n) is 36.5. The van der Waals surface area contributed by atoms with Crippen molar-refractivity contribution in [1.82, 2.24) is 0 Å². The molecule has 0 amide bonds. The van der Waals surface area contributed by atoms with Crippen molar-refractivity contribution in [1.29, 1.82) is 0 Å². The molecule has 0 radical (unpaired) electrons. The molecule has 7 aromatic carbocycles. The van der Waals surface area contributed by atoms with Crippen LogP contribution in [-0.2, 0) is 10.8 Å². The molecular weight excluding hydrogens is 759 g/mol. The molecule has 10 atom stereocenters. The van der Waals surface area contributed by atoms with Crippen molar-refractivity contribution in [3.05, 3.63) is 174 Å². The Hall–Kier alpha value is -5.40. The first-order valence-corrected chi connectivity index (χ1v) is 25.0. The molecule has 63 heavy (non-hydrogen) atoms. The molecular formula is C62H57N. The highest BCUT2D eigenvalue weighted by Gasteiger charge is 2.61. The molecule has 8 bridgehead atoms. The average Bonchev–Trinajstić information content (AvgIpc) is 3.55. The second-order valence-corrected chi connectivity index (χ2v) is 22.0. The van der Waals surface area contributed by atoms with Gasteiger partial charge >= 0.3 is 0 Å². The minimum absolute atomic E-state index is 0.0974. The van der Waals surface area contributed by atoms with Gasteiger partial charge in [-0.1, -0.05) is 128 Å². The molecule has 2 spiro atoms. The van der Waals surface area contributed by atoms with Crippen LogP contribution < -0.4 is 4.90 Å². The highest BCUT2D eigenvalue weighted by Crippen LogP contribution is 2.70. The van der Waals surface area contributed by atoms with Crippen LogP contribution in [0.2, 0.25) is 0 Å². The molecule has 310 valence electrons. The van der Waals surface area contributed by atoms with Gasteiger partial charge in [-0.3, -0.25) is 0 Å². The van der Waals surface area contributed by atoms with Crippen molar-refractivity contribution in [3.8, 4) is 33.4 Å². The van der Waals surface area contributed by atoms with Gasteiger partial charge in [0.05, 0.1) is 5.69 Å². The Morgan fingerprint density at radius 2 is 0.921 bits per heavy atom. The van der Waals surface area contributed by atoms with Crippen molar-refractivity contribution in [3.63, 3.8) is 0 Å². The van der Waals surface area contributed by atoms with E-state index in [4.69, 9.17) is 0 Å². The van der Waals surface area contributed by atoms with Gasteiger partial charge in [-0.25, -0.2) is 0 Å². The number of nitrogens with zero attached hydrogens (tertiary/aromatic N) is 1. The number of hydrogen-bond donors (Lipinski definition) is 0. The smallest absolute Gasteiger partial charge is 0.0543 e. The molecule has 0 aliphatic heterocycles. The quantitative estimate of drug-likeness (QED) is 0.171. The van der Waals surface area contributed by atoms with E-state index in [0.717, 1.165) is 41.4 Å². The van der Waals surface area contributed by atoms with E-state index in [-0.39, 0.29) is 10.8 Å². The summed E-state index contributed by atoms with van der Waals surface area (Å²) in [6, 6.07) is 60.1. The highest BCUT2D eigenvalue weighted by molar-refractivity contribution is 5.97. The number of fused-ring (bicyclic) bond motifs is 9. The maximum absolute atomic E-state index is 2.74. The summed E-state index contributed by atoms with van der Waals surface area (Å²) in [6.45, 7) is 0. The molecule has 0 N–H and O–H groups in total. The molecule has 0 aromatic heterocycles. The van der Waals surface area contributed by atoms with Gasteiger partial charge in [0.2, 0.25) is 0 Å². The molecule has 17 rings (SSSR count). The Morgan fingerprint density at radius 1 is 0.349 bits per heavy atom. The van der Waals surface area contributed by atoms with Crippen LogP contribution in [0.1, 0.15) is 99.3 Å². The molecule has 8 saturated carbocycles. The van der Waals surface area contributed by atoms with E-state index in [1.165, 1.54) is 138 Å². The van der Waals surface area contributed by atoms with Gasteiger partial charge in [-0.15, -0.1) is 0 Å². The minimum Gasteiger partial charge on any atom is -0.310 e. The van der Waals surface area contributed by atoms with Gasteiger partial charge in [0, 0.05) is 27.8 Å². The summed E-state index contributed by atoms with van der Waals surface area (Å²) in [5.41, 5.74) is 19.2. The normalized spacial score (nSPS) is 32.1. The Kier molecular flexibility index (Phi) is 7.48. The van der Waals surface area contributed by atoms with E-state index in [1.54, 1.807) is 22.3 Å². The average molecular weight is 816 g/mol. The predicted molar refractivity (Wildman–Crippen MR) is 260 cm³/mol. The van der Waals surface area contributed by atoms with Crippen LogP contribution in [-0.4, -0.2) is 0 Å². The first-order valence-electron chi connectivity index (χ1n) is 25.0. The summed E-state index contributed by atoms with van der Waals surface area (Å²) in [5, 5.41) is 2.59. The van der Waals surface area contributed by atoms with E-state index >= 15 is 0 Å². The van der Waals surface area contributed by atoms with Crippen molar-refractivity contribution < 1.29 is 0 Å². The Balaban J connectivity index is 0.976. The molecule has 1 heteroatoms. The Bertz CT molecular complexity index is 3010. The van der Waals surface area contributed by atoms with Gasteiger partial charge in [0.25, 0.3) is 0 Å². The van der Waals surface area contributed by atoms with Crippen LogP contribution in [0.4, 0.5) is 17.1 Å². The fourth-order valence-corrected chi connectivity index (χ4v) is 17.6. The Labute approximate surface area is 373 Å². The SMILES string of the molecule is c1cc(-c2ccc3ccccc3c2)cc(N(c2ccc3c(c2)C2(c4ccccc4-3)C3CCC4CC(C3)CC2C4)c2cccc3c2-c2ccccc2C32C3CCC4CC(C3)CC2C4)c1. The summed E-state index contributed by atoms with van der Waals surface area (Å²) in [4.78, 5) is 2.73. The van der Waals surface area contributed by atoms with Gasteiger partial charge < -0.3 is 4.90 Å². The van der Waals surface area contributed by atoms with Crippen molar-refractivity contribution in [2.45, 2.75) is 87.9 Å². The van der Waals surface area contributed by atoms with Gasteiger partial charge in [-0.05, 0) is 209 Å². The second kappa shape index (κ2) is 13.1. The third kappa shape index (κ3) is 4.79. The van der Waals surface area contributed by atoms with Crippen LogP contribution >= 0.6 is 0 Å². The summed E-state index contributed by atoms with van der Waals surface area (Å²) in [5.74, 6) is 6.51. The number of rotatable bonds is 4. The van der Waals surface area contributed by atoms with Crippen LogP contribution in [0, 0.1) is 47.3 Å². The maximum atomic E-state index is 2.74. The highest BCUT2D eigenvalue weighted by atomic mass is 15.1. The third-order valence-corrected chi connectivity index (χ3v) is 19.4. The van der Waals surface area contributed by atoms with E-state index < -0.39 is 0 Å². The van der Waals surface area contributed by atoms with Crippen LogP contribution in [0.3, 0.4) is 0 Å². The molecule has 0 heterocycles. The molecule has 7 aromatic rings. The first-order chi connectivity index (χ1) is 31.1. The fourth-order valence-electron chi connectivity index (χ4n) is 17.6. The number of benzene rings is 7. The van der Waals surface area contributed by atoms with Crippen LogP contribution in [0.5, 0.6) is 0 Å². The van der Waals surface area contributed by atoms with Gasteiger partial charge in [0.1, 0.15) is 0 Å². The zero-order valence-corrected chi connectivity index (χ0v) is 36.5. The lowest BCUT2D eigenvalue weighted by molar-refractivity contribution is 0.0618. The lowest BCUT2D eigenvalue weighted by atomic mass is 9.50. The topological polar surface area (TPSA) is 3.24 Å². The lowest BCUT2D eigenvalue weighted by Gasteiger charge is -2.53. The van der Waals surface area contributed by atoms with Gasteiger partial charge in [0.15, 0.2) is 0 Å². The third-order valence-electron chi connectivity index (χ3n) is 19.4. The van der Waals surface area contributed by atoms with Crippen molar-refractivity contribution in [2.75, 3.05) is 4.90 Å². The zero-order chi connectivity index (χ0) is 41.0. The van der Waals surface area contributed by atoms with E-state index in [1.807, 2.05) is 0 Å². The fraction of sp³-hybridized carbons (Fsp3) is 0.355. The number of hydrogen-bond acceptors (Lipinski definition) is 1. The predicted octanol–water partition coefficient (Wildman–Crippen LogP) is 16.2. The van der Waals surface area contributed by atoms with E-state index in [2.05, 4.69) is 157 Å². The summed E-state index contributed by atoms with van der Waals surface area (Å²) < 4.78 is 0. The number of anilines is 3. The first kappa shape index (κ1) is 36.0. The molecule has 10 aliphatic carbocycles. The second-order valence-electron chi connectivity index (χ2n) is 22.0. The summed E-state index contributed by atoms with van der Waals surface area (Å²) in [7, 11) is 0. The van der Waals surface area contributed by atoms with Crippen LogP contribution in [0.25, 0.3) is 44.2 Å².